The lowest BCUT2D eigenvalue weighted by Gasteiger charge is -2.39. The van der Waals surface area contributed by atoms with Gasteiger partial charge in [-0.05, 0) is 31.8 Å². The van der Waals surface area contributed by atoms with Crippen LogP contribution in [0.1, 0.15) is 12.8 Å². The molecule has 2 fully saturated rings. The number of amidine groups is 1. The summed E-state index contributed by atoms with van der Waals surface area (Å²) in [4.78, 5) is 6.40. The van der Waals surface area contributed by atoms with E-state index in [1.807, 2.05) is 0 Å². The molecule has 0 radical (unpaired) electrons. The maximum absolute atomic E-state index is 5.72. The van der Waals surface area contributed by atoms with Crippen LogP contribution in [0.3, 0.4) is 0 Å². The first-order valence-electron chi connectivity index (χ1n) is 5.81. The molecule has 4 heteroatoms. The third-order valence-corrected chi connectivity index (χ3v) is 3.64. The van der Waals surface area contributed by atoms with E-state index >= 15 is 0 Å². The van der Waals surface area contributed by atoms with Gasteiger partial charge in [0, 0.05) is 13.0 Å². The lowest BCUT2D eigenvalue weighted by Crippen LogP contribution is -2.44. The molecule has 0 aromatic heterocycles. The highest BCUT2D eigenvalue weighted by Crippen LogP contribution is 2.29. The van der Waals surface area contributed by atoms with Gasteiger partial charge in [-0.2, -0.15) is 0 Å². The van der Waals surface area contributed by atoms with Gasteiger partial charge in [0.1, 0.15) is 5.84 Å². The van der Waals surface area contributed by atoms with Crippen molar-refractivity contribution >= 4 is 5.84 Å². The summed E-state index contributed by atoms with van der Waals surface area (Å²) in [6, 6.07) is 0. The van der Waals surface area contributed by atoms with Crippen LogP contribution in [0.5, 0.6) is 0 Å². The Morgan fingerprint density at radius 3 is 2.47 bits per heavy atom. The lowest BCUT2D eigenvalue weighted by molar-refractivity contribution is -0.0716. The molecule has 2 rings (SSSR count). The Balaban J connectivity index is 1.71. The molecule has 0 aliphatic carbocycles. The number of piperidine rings is 1. The van der Waals surface area contributed by atoms with Crippen LogP contribution in [-0.2, 0) is 4.74 Å². The smallest absolute Gasteiger partial charge is 0.108 e. The molecule has 15 heavy (non-hydrogen) atoms. The summed E-state index contributed by atoms with van der Waals surface area (Å²) in [5, 5.41) is 0. The van der Waals surface area contributed by atoms with Crippen LogP contribution in [0.25, 0.3) is 0 Å². The van der Waals surface area contributed by atoms with Gasteiger partial charge in [-0.25, -0.2) is 0 Å². The Morgan fingerprint density at radius 1 is 1.33 bits per heavy atom. The van der Waals surface area contributed by atoms with E-state index in [1.165, 1.54) is 12.8 Å². The van der Waals surface area contributed by atoms with Crippen LogP contribution >= 0.6 is 0 Å². The number of hydrogen-bond acceptors (Lipinski definition) is 3. The SMILES string of the molecule is CN=C(N)CN1CCC(C2COC2)CC1. The molecule has 0 saturated carbocycles. The second-order valence-corrected chi connectivity index (χ2v) is 4.63. The molecule has 0 amide bonds. The zero-order valence-electron chi connectivity index (χ0n) is 9.48. The van der Waals surface area contributed by atoms with E-state index in [1.54, 1.807) is 7.05 Å². The van der Waals surface area contributed by atoms with E-state index in [2.05, 4.69) is 9.89 Å². The Morgan fingerprint density at radius 2 is 2.00 bits per heavy atom. The minimum Gasteiger partial charge on any atom is -0.386 e. The maximum Gasteiger partial charge on any atom is 0.108 e. The van der Waals surface area contributed by atoms with Gasteiger partial charge in [-0.15, -0.1) is 0 Å². The van der Waals surface area contributed by atoms with Crippen molar-refractivity contribution in [2.75, 3.05) is 39.9 Å². The van der Waals surface area contributed by atoms with Crippen molar-refractivity contribution in [3.8, 4) is 0 Å². The fraction of sp³-hybridized carbons (Fsp3) is 0.909. The summed E-state index contributed by atoms with van der Waals surface area (Å²) >= 11 is 0. The van der Waals surface area contributed by atoms with Gasteiger partial charge in [0.25, 0.3) is 0 Å². The molecule has 2 saturated heterocycles. The number of nitrogens with two attached hydrogens (primary N) is 1. The molecular weight excluding hydrogens is 190 g/mol. The predicted molar refractivity (Wildman–Crippen MR) is 61.0 cm³/mol. The van der Waals surface area contributed by atoms with Gasteiger partial charge in [0.2, 0.25) is 0 Å². The first-order valence-corrected chi connectivity index (χ1v) is 5.81. The van der Waals surface area contributed by atoms with Gasteiger partial charge in [-0.1, -0.05) is 0 Å². The fourth-order valence-electron chi connectivity index (χ4n) is 2.41. The van der Waals surface area contributed by atoms with Crippen LogP contribution in [0.4, 0.5) is 0 Å². The third kappa shape index (κ3) is 2.69. The standard InChI is InChI=1S/C11H21N3O/c1-13-11(12)6-14-4-2-9(3-5-14)10-7-15-8-10/h9-10H,2-8H2,1H3,(H2,12,13). The minimum atomic E-state index is 0.750. The Bertz CT molecular complexity index is 230. The zero-order chi connectivity index (χ0) is 10.7. The first-order chi connectivity index (χ1) is 7.29. The van der Waals surface area contributed by atoms with E-state index in [9.17, 15) is 0 Å². The normalized spacial score (nSPS) is 26.6. The third-order valence-electron chi connectivity index (χ3n) is 3.64. The predicted octanol–water partition coefficient (Wildman–Crippen LogP) is 0.332. The molecule has 4 nitrogen and oxygen atoms in total. The van der Waals surface area contributed by atoms with Crippen LogP contribution in [-0.4, -0.2) is 50.6 Å². The van der Waals surface area contributed by atoms with Crippen LogP contribution in [0.2, 0.25) is 0 Å². The largest absolute Gasteiger partial charge is 0.386 e. The summed E-state index contributed by atoms with van der Waals surface area (Å²) in [5.74, 6) is 2.47. The molecule has 2 heterocycles. The Hall–Kier alpha value is -0.610. The topological polar surface area (TPSA) is 50.8 Å². The summed E-state index contributed by atoms with van der Waals surface area (Å²) in [5.41, 5.74) is 5.72. The minimum absolute atomic E-state index is 0.750. The van der Waals surface area contributed by atoms with Gasteiger partial charge < -0.3 is 10.5 Å². The van der Waals surface area contributed by atoms with E-state index in [4.69, 9.17) is 10.5 Å². The average Bonchev–Trinajstić information content (AvgIpc) is 2.18. The van der Waals surface area contributed by atoms with Gasteiger partial charge in [0.05, 0.1) is 19.8 Å². The molecule has 2 N–H and O–H groups in total. The summed E-state index contributed by atoms with van der Waals surface area (Å²) in [6.45, 7) is 5.14. The van der Waals surface area contributed by atoms with Crippen LogP contribution < -0.4 is 5.73 Å². The van der Waals surface area contributed by atoms with Crippen molar-refractivity contribution in [1.29, 1.82) is 0 Å². The molecule has 86 valence electrons. The second kappa shape index (κ2) is 4.94. The van der Waals surface area contributed by atoms with E-state index in [0.29, 0.717) is 0 Å². The van der Waals surface area contributed by atoms with Crippen molar-refractivity contribution < 1.29 is 4.74 Å². The zero-order valence-corrected chi connectivity index (χ0v) is 9.48. The molecule has 0 bridgehead atoms. The number of hydrogen-bond donors (Lipinski definition) is 1. The van der Waals surface area contributed by atoms with Gasteiger partial charge in [-0.3, -0.25) is 9.89 Å². The highest BCUT2D eigenvalue weighted by Gasteiger charge is 2.31. The summed E-state index contributed by atoms with van der Waals surface area (Å²) < 4.78 is 5.24. The van der Waals surface area contributed by atoms with Crippen molar-refractivity contribution in [1.82, 2.24) is 4.90 Å². The second-order valence-electron chi connectivity index (χ2n) is 4.63. The summed E-state index contributed by atoms with van der Waals surface area (Å²) in [6.07, 6.45) is 2.59. The van der Waals surface area contributed by atoms with Crippen molar-refractivity contribution in [3.63, 3.8) is 0 Å². The molecule has 0 aromatic rings. The fourth-order valence-corrected chi connectivity index (χ4v) is 2.41. The van der Waals surface area contributed by atoms with Crippen LogP contribution in [0.15, 0.2) is 4.99 Å². The number of nitrogens with zero attached hydrogens (tertiary/aromatic N) is 2. The lowest BCUT2D eigenvalue weighted by atomic mass is 9.83. The monoisotopic (exact) mass is 211 g/mol. The number of aliphatic imine (C=N–C) groups is 1. The van der Waals surface area contributed by atoms with Crippen LogP contribution in [0, 0.1) is 11.8 Å². The quantitative estimate of drug-likeness (QED) is 0.541. The molecule has 0 unspecified atom stereocenters. The number of rotatable bonds is 3. The molecule has 0 spiro atoms. The van der Waals surface area contributed by atoms with Crippen molar-refractivity contribution in [3.05, 3.63) is 0 Å². The summed E-state index contributed by atoms with van der Waals surface area (Å²) in [7, 11) is 1.76. The Kier molecular flexibility index (Phi) is 3.59. The number of ether oxygens (including phenoxy) is 1. The van der Waals surface area contributed by atoms with E-state index in [-0.39, 0.29) is 0 Å². The van der Waals surface area contributed by atoms with Gasteiger partial charge >= 0.3 is 0 Å². The first kappa shape index (κ1) is 10.9. The molecular formula is C11H21N3O. The van der Waals surface area contributed by atoms with Crippen molar-refractivity contribution in [2.45, 2.75) is 12.8 Å². The van der Waals surface area contributed by atoms with E-state index < -0.39 is 0 Å². The van der Waals surface area contributed by atoms with Crippen molar-refractivity contribution in [2.24, 2.45) is 22.6 Å². The number of likely N-dealkylation sites (tertiary alicyclic amines) is 1. The molecule has 2 aliphatic heterocycles. The highest BCUT2D eigenvalue weighted by atomic mass is 16.5. The molecule has 0 aromatic carbocycles. The molecule has 0 atom stereocenters. The maximum atomic E-state index is 5.72. The highest BCUT2D eigenvalue weighted by molar-refractivity contribution is 5.82. The Labute approximate surface area is 91.5 Å². The van der Waals surface area contributed by atoms with Gasteiger partial charge in [0.15, 0.2) is 0 Å². The molecule has 2 aliphatic rings. The average molecular weight is 211 g/mol. The van der Waals surface area contributed by atoms with E-state index in [0.717, 1.165) is 50.5 Å².